The van der Waals surface area contributed by atoms with Crippen LogP contribution in [0.1, 0.15) is 31.4 Å². The van der Waals surface area contributed by atoms with Gasteiger partial charge in [0.2, 0.25) is 0 Å². The van der Waals surface area contributed by atoms with E-state index < -0.39 is 0 Å². The van der Waals surface area contributed by atoms with Crippen molar-refractivity contribution >= 4 is 15.9 Å². The highest BCUT2D eigenvalue weighted by Gasteiger charge is 2.24. The molecule has 4 heteroatoms. The zero-order valence-corrected chi connectivity index (χ0v) is 9.51. The van der Waals surface area contributed by atoms with E-state index >= 15 is 0 Å². The standard InChI is InChI=1S/C10H12BrFN2/c1-6(14-7-2-3-7)8-4-10(11)13-5-9(8)12/h4-7,14H,2-3H2,1H3. The predicted octanol–water partition coefficient (Wildman–Crippen LogP) is 2.80. The van der Waals surface area contributed by atoms with E-state index in [0.29, 0.717) is 16.2 Å². The summed E-state index contributed by atoms with van der Waals surface area (Å²) in [6, 6.07) is 2.37. The van der Waals surface area contributed by atoms with E-state index in [0.717, 1.165) is 0 Å². The summed E-state index contributed by atoms with van der Waals surface area (Å²) in [5.41, 5.74) is 0.679. The lowest BCUT2D eigenvalue weighted by Gasteiger charge is -2.14. The van der Waals surface area contributed by atoms with Crippen molar-refractivity contribution in [3.63, 3.8) is 0 Å². The normalized spacial score (nSPS) is 18.2. The van der Waals surface area contributed by atoms with Gasteiger partial charge in [0.15, 0.2) is 0 Å². The molecule has 1 unspecified atom stereocenters. The van der Waals surface area contributed by atoms with Gasteiger partial charge in [0.25, 0.3) is 0 Å². The van der Waals surface area contributed by atoms with Gasteiger partial charge in [0.1, 0.15) is 10.4 Å². The summed E-state index contributed by atoms with van der Waals surface area (Å²) < 4.78 is 14.0. The monoisotopic (exact) mass is 258 g/mol. The van der Waals surface area contributed by atoms with Crippen LogP contribution in [0.3, 0.4) is 0 Å². The number of nitrogens with zero attached hydrogens (tertiary/aromatic N) is 1. The molecule has 2 nitrogen and oxygen atoms in total. The SMILES string of the molecule is CC(NC1CC1)c1cc(Br)ncc1F. The lowest BCUT2D eigenvalue weighted by Crippen LogP contribution is -2.21. The molecule has 1 heterocycles. The van der Waals surface area contributed by atoms with Crippen LogP contribution in [-0.4, -0.2) is 11.0 Å². The average molecular weight is 259 g/mol. The van der Waals surface area contributed by atoms with Crippen molar-refractivity contribution in [3.8, 4) is 0 Å². The van der Waals surface area contributed by atoms with Gasteiger partial charge < -0.3 is 5.32 Å². The van der Waals surface area contributed by atoms with Gasteiger partial charge in [-0.2, -0.15) is 0 Å². The number of halogens is 2. The second kappa shape index (κ2) is 3.95. The Bertz CT molecular complexity index is 339. The molecule has 0 saturated heterocycles. The molecule has 0 aliphatic heterocycles. The number of pyridine rings is 1. The van der Waals surface area contributed by atoms with Crippen LogP contribution in [0.5, 0.6) is 0 Å². The van der Waals surface area contributed by atoms with Gasteiger partial charge >= 0.3 is 0 Å². The third kappa shape index (κ3) is 2.30. The molecule has 1 aromatic rings. The summed E-state index contributed by atoms with van der Waals surface area (Å²) >= 11 is 3.24. The summed E-state index contributed by atoms with van der Waals surface area (Å²) in [6.07, 6.45) is 3.67. The molecular formula is C10H12BrFN2. The lowest BCUT2D eigenvalue weighted by atomic mass is 10.1. The third-order valence-corrected chi connectivity index (χ3v) is 2.81. The van der Waals surface area contributed by atoms with Crippen LogP contribution in [0.4, 0.5) is 4.39 Å². The lowest BCUT2D eigenvalue weighted by molar-refractivity contribution is 0.522. The number of hydrogen-bond acceptors (Lipinski definition) is 2. The zero-order chi connectivity index (χ0) is 10.1. The molecule has 1 atom stereocenters. The first-order valence-electron chi connectivity index (χ1n) is 4.74. The van der Waals surface area contributed by atoms with Gasteiger partial charge in [-0.1, -0.05) is 0 Å². The highest BCUT2D eigenvalue weighted by Crippen LogP contribution is 2.25. The summed E-state index contributed by atoms with van der Waals surface area (Å²) in [6.45, 7) is 1.98. The first kappa shape index (κ1) is 10.1. The quantitative estimate of drug-likeness (QED) is 0.844. The van der Waals surface area contributed by atoms with E-state index in [1.54, 1.807) is 6.07 Å². The first-order valence-corrected chi connectivity index (χ1v) is 5.53. The smallest absolute Gasteiger partial charge is 0.146 e. The number of nitrogens with one attached hydrogen (secondary N) is 1. The van der Waals surface area contributed by atoms with Crippen LogP contribution >= 0.6 is 15.9 Å². The maximum Gasteiger partial charge on any atom is 0.146 e. The van der Waals surface area contributed by atoms with Gasteiger partial charge in [0.05, 0.1) is 6.20 Å². The van der Waals surface area contributed by atoms with Gasteiger partial charge in [-0.25, -0.2) is 9.37 Å². The largest absolute Gasteiger partial charge is 0.307 e. The fourth-order valence-electron chi connectivity index (χ4n) is 1.45. The Hall–Kier alpha value is -0.480. The molecule has 1 saturated carbocycles. The zero-order valence-electron chi connectivity index (χ0n) is 7.93. The van der Waals surface area contributed by atoms with E-state index in [1.807, 2.05) is 6.92 Å². The van der Waals surface area contributed by atoms with Gasteiger partial charge in [0, 0.05) is 17.6 Å². The molecule has 2 rings (SSSR count). The minimum Gasteiger partial charge on any atom is -0.307 e. The number of rotatable bonds is 3. The highest BCUT2D eigenvalue weighted by molar-refractivity contribution is 9.10. The van der Waals surface area contributed by atoms with E-state index in [9.17, 15) is 4.39 Å². The minimum absolute atomic E-state index is 0.0572. The third-order valence-electron chi connectivity index (χ3n) is 2.38. The molecule has 76 valence electrons. The molecule has 1 aliphatic rings. The van der Waals surface area contributed by atoms with E-state index in [4.69, 9.17) is 0 Å². The molecule has 0 spiro atoms. The van der Waals surface area contributed by atoms with E-state index in [1.165, 1.54) is 19.0 Å². The number of aromatic nitrogens is 1. The summed E-state index contributed by atoms with van der Waals surface area (Å²) in [7, 11) is 0. The molecule has 1 fully saturated rings. The van der Waals surface area contributed by atoms with Crippen molar-refractivity contribution in [2.75, 3.05) is 0 Å². The van der Waals surface area contributed by atoms with E-state index in [-0.39, 0.29) is 11.9 Å². The first-order chi connectivity index (χ1) is 6.66. The van der Waals surface area contributed by atoms with Gasteiger partial charge in [-0.05, 0) is 41.8 Å². The fraction of sp³-hybridized carbons (Fsp3) is 0.500. The van der Waals surface area contributed by atoms with Crippen molar-refractivity contribution in [2.45, 2.75) is 31.8 Å². The van der Waals surface area contributed by atoms with Crippen LogP contribution < -0.4 is 5.32 Å². The Morgan fingerprint density at radius 2 is 2.36 bits per heavy atom. The predicted molar refractivity (Wildman–Crippen MR) is 56.5 cm³/mol. The second-order valence-electron chi connectivity index (χ2n) is 3.69. The van der Waals surface area contributed by atoms with Gasteiger partial charge in [-0.3, -0.25) is 0 Å². The minimum atomic E-state index is -0.242. The van der Waals surface area contributed by atoms with Crippen molar-refractivity contribution < 1.29 is 4.39 Å². The van der Waals surface area contributed by atoms with Crippen molar-refractivity contribution in [1.29, 1.82) is 0 Å². The van der Waals surface area contributed by atoms with Crippen molar-refractivity contribution in [1.82, 2.24) is 10.3 Å². The Morgan fingerprint density at radius 1 is 1.64 bits per heavy atom. The van der Waals surface area contributed by atoms with E-state index in [2.05, 4.69) is 26.2 Å². The number of hydrogen-bond donors (Lipinski definition) is 1. The van der Waals surface area contributed by atoms with Crippen LogP contribution in [0.25, 0.3) is 0 Å². The molecule has 14 heavy (non-hydrogen) atoms. The molecule has 0 bridgehead atoms. The maximum atomic E-state index is 13.4. The second-order valence-corrected chi connectivity index (χ2v) is 4.50. The molecule has 1 aliphatic carbocycles. The Morgan fingerprint density at radius 3 is 3.00 bits per heavy atom. The highest BCUT2D eigenvalue weighted by atomic mass is 79.9. The molecular weight excluding hydrogens is 247 g/mol. The average Bonchev–Trinajstić information content (AvgIpc) is 2.93. The Kier molecular flexibility index (Phi) is 2.83. The fourth-order valence-corrected chi connectivity index (χ4v) is 1.80. The summed E-state index contributed by atoms with van der Waals surface area (Å²) in [4.78, 5) is 3.83. The van der Waals surface area contributed by atoms with Crippen LogP contribution in [0.15, 0.2) is 16.9 Å². The summed E-state index contributed by atoms with van der Waals surface area (Å²) in [5.74, 6) is -0.242. The molecule has 0 aromatic carbocycles. The molecule has 1 aromatic heterocycles. The topological polar surface area (TPSA) is 24.9 Å². The van der Waals surface area contributed by atoms with Crippen LogP contribution in [0.2, 0.25) is 0 Å². The summed E-state index contributed by atoms with van der Waals surface area (Å²) in [5, 5.41) is 3.35. The Labute approximate surface area is 91.1 Å². The van der Waals surface area contributed by atoms with Crippen molar-refractivity contribution in [2.24, 2.45) is 0 Å². The maximum absolute atomic E-state index is 13.4. The van der Waals surface area contributed by atoms with Crippen LogP contribution in [0, 0.1) is 5.82 Å². The molecule has 0 amide bonds. The van der Waals surface area contributed by atoms with Crippen molar-refractivity contribution in [3.05, 3.63) is 28.2 Å². The molecule has 0 radical (unpaired) electrons. The molecule has 1 N–H and O–H groups in total. The van der Waals surface area contributed by atoms with Gasteiger partial charge in [-0.15, -0.1) is 0 Å². The van der Waals surface area contributed by atoms with Crippen LogP contribution in [-0.2, 0) is 0 Å². The Balaban J connectivity index is 2.15.